The number of ether oxygens (including phenoxy) is 1. The van der Waals surface area contributed by atoms with Crippen molar-refractivity contribution in [3.63, 3.8) is 0 Å². The van der Waals surface area contributed by atoms with E-state index < -0.39 is 0 Å². The molecule has 1 saturated heterocycles. The number of carbonyl (C=O) groups excluding carboxylic acids is 1. The number of hydrogen-bond donors (Lipinski definition) is 1. The third-order valence-corrected chi connectivity index (χ3v) is 6.54. The summed E-state index contributed by atoms with van der Waals surface area (Å²) in [6, 6.07) is 11.6. The molecule has 35 heavy (non-hydrogen) atoms. The molecule has 5 heterocycles. The van der Waals surface area contributed by atoms with Gasteiger partial charge >= 0.3 is 0 Å². The molecule has 1 aliphatic carbocycles. The van der Waals surface area contributed by atoms with Crippen molar-refractivity contribution < 1.29 is 9.53 Å². The van der Waals surface area contributed by atoms with Crippen LogP contribution in [0.5, 0.6) is 0 Å². The second-order valence-corrected chi connectivity index (χ2v) is 9.06. The highest BCUT2D eigenvalue weighted by Crippen LogP contribution is 2.40. The average Bonchev–Trinajstić information content (AvgIpc) is 3.71. The number of rotatable bonds is 6. The smallest absolute Gasteiger partial charge is 0.252 e. The molecule has 4 aromatic heterocycles. The van der Waals surface area contributed by atoms with Crippen LogP contribution in [0.2, 0.25) is 0 Å². The zero-order chi connectivity index (χ0) is 23.8. The van der Waals surface area contributed by atoms with E-state index in [1.165, 1.54) is 0 Å². The molecule has 178 valence electrons. The van der Waals surface area contributed by atoms with Gasteiger partial charge in [-0.1, -0.05) is 6.07 Å². The minimum absolute atomic E-state index is 0.132. The number of amides is 1. The van der Waals surface area contributed by atoms with Crippen LogP contribution in [0.3, 0.4) is 0 Å². The molecule has 1 saturated carbocycles. The molecule has 0 radical (unpaired) electrons. The number of nitrogens with one attached hydrogen (secondary N) is 1. The zero-order valence-corrected chi connectivity index (χ0v) is 19.6. The van der Waals surface area contributed by atoms with E-state index in [0.717, 1.165) is 54.1 Å². The molecular weight excluding hydrogens is 442 g/mol. The van der Waals surface area contributed by atoms with Crippen LogP contribution in [0.4, 0.5) is 5.82 Å². The van der Waals surface area contributed by atoms with Crippen molar-refractivity contribution in [2.75, 3.05) is 31.2 Å². The van der Waals surface area contributed by atoms with Gasteiger partial charge in [0.1, 0.15) is 5.82 Å². The summed E-state index contributed by atoms with van der Waals surface area (Å²) >= 11 is 0. The van der Waals surface area contributed by atoms with Gasteiger partial charge in [-0.05, 0) is 55.7 Å². The van der Waals surface area contributed by atoms with Crippen LogP contribution >= 0.6 is 0 Å². The van der Waals surface area contributed by atoms with Gasteiger partial charge < -0.3 is 15.0 Å². The van der Waals surface area contributed by atoms with E-state index in [9.17, 15) is 4.79 Å². The van der Waals surface area contributed by atoms with E-state index in [-0.39, 0.29) is 5.91 Å². The Morgan fingerprint density at radius 2 is 1.91 bits per heavy atom. The first-order valence-electron chi connectivity index (χ1n) is 12.0. The molecule has 0 spiro atoms. The van der Waals surface area contributed by atoms with E-state index in [0.29, 0.717) is 42.7 Å². The van der Waals surface area contributed by atoms with Gasteiger partial charge in [-0.15, -0.1) is 0 Å². The largest absolute Gasteiger partial charge is 0.378 e. The number of aromatic nitrogens is 5. The van der Waals surface area contributed by atoms with Crippen molar-refractivity contribution in [2.45, 2.75) is 32.2 Å². The molecular formula is C26H27N7O2. The summed E-state index contributed by atoms with van der Waals surface area (Å²) in [5, 5.41) is 8.57. The van der Waals surface area contributed by atoms with Crippen molar-refractivity contribution in [3.8, 4) is 5.82 Å². The molecule has 4 aromatic rings. The SMILES string of the molecule is Cc1nn(-c2ccccn2)c2nc(C3CC3)cc(C(=O)NCc3ccnc(N4CCOCC4)c3)c12. The molecule has 2 fully saturated rings. The number of fused-ring (bicyclic) bond motifs is 1. The first-order valence-corrected chi connectivity index (χ1v) is 12.0. The van der Waals surface area contributed by atoms with Crippen molar-refractivity contribution in [1.82, 2.24) is 30.0 Å². The van der Waals surface area contributed by atoms with Crippen LogP contribution in [-0.2, 0) is 11.3 Å². The number of morpholine rings is 1. The highest BCUT2D eigenvalue weighted by Gasteiger charge is 2.29. The number of hydrogen-bond acceptors (Lipinski definition) is 7. The number of anilines is 1. The third kappa shape index (κ3) is 4.35. The Kier molecular flexibility index (Phi) is 5.61. The summed E-state index contributed by atoms with van der Waals surface area (Å²) in [5.74, 6) is 1.86. The van der Waals surface area contributed by atoms with E-state index in [1.807, 2.05) is 43.3 Å². The van der Waals surface area contributed by atoms with Crippen LogP contribution in [-0.4, -0.2) is 56.9 Å². The lowest BCUT2D eigenvalue weighted by atomic mass is 10.1. The first kappa shape index (κ1) is 21.7. The molecule has 0 bridgehead atoms. The minimum atomic E-state index is -0.132. The fraction of sp³-hybridized carbons (Fsp3) is 0.346. The lowest BCUT2D eigenvalue weighted by Crippen LogP contribution is -2.36. The lowest BCUT2D eigenvalue weighted by Gasteiger charge is -2.28. The molecule has 1 N–H and O–H groups in total. The minimum Gasteiger partial charge on any atom is -0.378 e. The number of nitrogens with zero attached hydrogens (tertiary/aromatic N) is 6. The Bertz CT molecular complexity index is 1380. The fourth-order valence-corrected chi connectivity index (χ4v) is 4.53. The van der Waals surface area contributed by atoms with Crippen LogP contribution in [0, 0.1) is 6.92 Å². The maximum atomic E-state index is 13.5. The maximum Gasteiger partial charge on any atom is 0.252 e. The Hall–Kier alpha value is -3.85. The van der Waals surface area contributed by atoms with Gasteiger partial charge in [0.2, 0.25) is 0 Å². The summed E-state index contributed by atoms with van der Waals surface area (Å²) in [6.45, 7) is 5.37. The Labute approximate surface area is 203 Å². The Morgan fingerprint density at radius 1 is 1.09 bits per heavy atom. The van der Waals surface area contributed by atoms with E-state index in [1.54, 1.807) is 17.1 Å². The van der Waals surface area contributed by atoms with E-state index >= 15 is 0 Å². The quantitative estimate of drug-likeness (QED) is 0.463. The van der Waals surface area contributed by atoms with Crippen LogP contribution < -0.4 is 10.2 Å². The molecule has 2 aliphatic rings. The Morgan fingerprint density at radius 3 is 2.69 bits per heavy atom. The number of pyridine rings is 3. The molecule has 1 aliphatic heterocycles. The van der Waals surface area contributed by atoms with Crippen molar-refractivity contribution >= 4 is 22.8 Å². The van der Waals surface area contributed by atoms with Gasteiger partial charge in [-0.3, -0.25) is 4.79 Å². The highest BCUT2D eigenvalue weighted by atomic mass is 16.5. The first-order chi connectivity index (χ1) is 17.2. The summed E-state index contributed by atoms with van der Waals surface area (Å²) in [7, 11) is 0. The molecule has 0 aromatic carbocycles. The summed E-state index contributed by atoms with van der Waals surface area (Å²) in [5.41, 5.74) is 3.99. The third-order valence-electron chi connectivity index (χ3n) is 6.54. The van der Waals surface area contributed by atoms with Gasteiger partial charge in [0.25, 0.3) is 5.91 Å². The predicted molar refractivity (Wildman–Crippen MR) is 132 cm³/mol. The summed E-state index contributed by atoms with van der Waals surface area (Å²) < 4.78 is 7.18. The zero-order valence-electron chi connectivity index (χ0n) is 19.6. The molecule has 0 unspecified atom stereocenters. The van der Waals surface area contributed by atoms with Crippen molar-refractivity contribution in [2.24, 2.45) is 0 Å². The second-order valence-electron chi connectivity index (χ2n) is 9.06. The van der Waals surface area contributed by atoms with Crippen LogP contribution in [0.25, 0.3) is 16.9 Å². The monoisotopic (exact) mass is 469 g/mol. The predicted octanol–water partition coefficient (Wildman–Crippen LogP) is 3.16. The van der Waals surface area contributed by atoms with E-state index in [4.69, 9.17) is 14.8 Å². The molecule has 0 atom stereocenters. The van der Waals surface area contributed by atoms with E-state index in [2.05, 4.69) is 20.2 Å². The topological polar surface area (TPSA) is 98.1 Å². The number of carbonyl (C=O) groups is 1. The highest BCUT2D eigenvalue weighted by molar-refractivity contribution is 6.06. The van der Waals surface area contributed by atoms with Gasteiger partial charge in [-0.25, -0.2) is 15.0 Å². The van der Waals surface area contributed by atoms with Crippen molar-refractivity contribution in [3.05, 3.63) is 71.3 Å². The molecule has 6 rings (SSSR count). The normalized spacial score (nSPS) is 16.0. The fourth-order valence-electron chi connectivity index (χ4n) is 4.53. The summed E-state index contributed by atoms with van der Waals surface area (Å²) in [4.78, 5) is 29.5. The standard InChI is InChI=1S/C26H27N7O2/c1-17-24-20(26(34)29-16-18-7-9-28-23(14-18)32-10-12-35-13-11-32)15-21(19-5-6-19)30-25(24)33(31-17)22-4-2-3-8-27-22/h2-4,7-9,14-15,19H,5-6,10-13,16H2,1H3,(H,29,34). The average molecular weight is 470 g/mol. The van der Waals surface area contributed by atoms with Gasteiger partial charge in [0.05, 0.1) is 29.9 Å². The van der Waals surface area contributed by atoms with Crippen LogP contribution in [0.15, 0.2) is 48.8 Å². The lowest BCUT2D eigenvalue weighted by molar-refractivity contribution is 0.0952. The van der Waals surface area contributed by atoms with Crippen LogP contribution in [0.1, 0.15) is 46.1 Å². The molecule has 1 amide bonds. The number of aryl methyl sites for hydroxylation is 1. The van der Waals surface area contributed by atoms with Crippen molar-refractivity contribution in [1.29, 1.82) is 0 Å². The molecule has 9 heteroatoms. The molecule has 9 nitrogen and oxygen atoms in total. The maximum absolute atomic E-state index is 13.5. The van der Waals surface area contributed by atoms with Gasteiger partial charge in [0.15, 0.2) is 11.5 Å². The van der Waals surface area contributed by atoms with Gasteiger partial charge in [-0.2, -0.15) is 9.78 Å². The van der Waals surface area contributed by atoms with Gasteiger partial charge in [0, 0.05) is 43.6 Å². The second kappa shape index (κ2) is 9.07. The Balaban J connectivity index is 1.30. The summed E-state index contributed by atoms with van der Waals surface area (Å²) in [6.07, 6.45) is 5.72.